The number of ether oxygens (including phenoxy) is 2. The molecule has 0 aliphatic carbocycles. The van der Waals surface area contributed by atoms with Crippen LogP contribution in [0.2, 0.25) is 0 Å². The lowest BCUT2D eigenvalue weighted by molar-refractivity contribution is 0.0790. The number of hydrogen-bond acceptors (Lipinski definition) is 3. The van der Waals surface area contributed by atoms with E-state index in [1.807, 2.05) is 6.07 Å². The second kappa shape index (κ2) is 6.39. The van der Waals surface area contributed by atoms with Crippen molar-refractivity contribution in [2.75, 3.05) is 26.8 Å². The molecule has 0 spiro atoms. The highest BCUT2D eigenvalue weighted by atomic mass is 19.1. The number of fused-ring (bicyclic) bond motifs is 1. The smallest absolute Gasteiger partial charge is 0.253 e. The van der Waals surface area contributed by atoms with Gasteiger partial charge < -0.3 is 14.4 Å². The number of benzene rings is 2. The highest BCUT2D eigenvalue weighted by Gasteiger charge is 2.29. The summed E-state index contributed by atoms with van der Waals surface area (Å²) in [6, 6.07) is 10.7. The van der Waals surface area contributed by atoms with Gasteiger partial charge >= 0.3 is 0 Å². The fourth-order valence-corrected chi connectivity index (χ4v) is 3.66. The van der Waals surface area contributed by atoms with Crippen LogP contribution in [0.15, 0.2) is 36.4 Å². The molecule has 4 nitrogen and oxygen atoms in total. The zero-order chi connectivity index (χ0) is 17.4. The van der Waals surface area contributed by atoms with Crippen molar-refractivity contribution in [2.45, 2.75) is 18.8 Å². The highest BCUT2D eigenvalue weighted by Crippen LogP contribution is 2.33. The summed E-state index contributed by atoms with van der Waals surface area (Å²) in [5, 5.41) is 0. The van der Waals surface area contributed by atoms with E-state index in [0.29, 0.717) is 24.6 Å². The first kappa shape index (κ1) is 15.9. The number of carbonyl (C=O) groups is 1. The Balaban J connectivity index is 1.48. The van der Waals surface area contributed by atoms with Gasteiger partial charge in [0.15, 0.2) is 11.6 Å². The molecule has 1 atom stereocenters. The molecule has 0 unspecified atom stereocenters. The summed E-state index contributed by atoms with van der Waals surface area (Å²) in [6.45, 7) is 2.09. The van der Waals surface area contributed by atoms with Crippen molar-refractivity contribution < 1.29 is 18.7 Å². The molecule has 25 heavy (non-hydrogen) atoms. The van der Waals surface area contributed by atoms with Crippen LogP contribution in [0.5, 0.6) is 11.5 Å². The maximum absolute atomic E-state index is 13.9. The van der Waals surface area contributed by atoms with Gasteiger partial charge in [0.05, 0.1) is 13.7 Å². The Kier molecular flexibility index (Phi) is 4.07. The molecule has 0 aromatic heterocycles. The van der Waals surface area contributed by atoms with E-state index in [2.05, 4.69) is 12.1 Å². The van der Waals surface area contributed by atoms with Crippen LogP contribution in [0.4, 0.5) is 4.39 Å². The summed E-state index contributed by atoms with van der Waals surface area (Å²) in [5.74, 6) is 0.800. The Morgan fingerprint density at radius 2 is 2.16 bits per heavy atom. The van der Waals surface area contributed by atoms with Gasteiger partial charge in [0, 0.05) is 31.0 Å². The van der Waals surface area contributed by atoms with E-state index in [1.54, 1.807) is 11.0 Å². The third-order valence-corrected chi connectivity index (χ3v) is 5.06. The molecule has 0 N–H and O–H groups in total. The van der Waals surface area contributed by atoms with Crippen LogP contribution in [-0.2, 0) is 6.42 Å². The molecular weight excluding hydrogens is 321 g/mol. The second-order valence-electron chi connectivity index (χ2n) is 6.55. The van der Waals surface area contributed by atoms with Crippen molar-refractivity contribution in [3.8, 4) is 11.5 Å². The maximum atomic E-state index is 13.9. The average molecular weight is 341 g/mol. The fourth-order valence-electron chi connectivity index (χ4n) is 3.66. The van der Waals surface area contributed by atoms with Gasteiger partial charge in [-0.05, 0) is 41.8 Å². The predicted molar refractivity (Wildman–Crippen MR) is 91.9 cm³/mol. The fraction of sp³-hybridized carbons (Fsp3) is 0.350. The first-order chi connectivity index (χ1) is 12.2. The summed E-state index contributed by atoms with van der Waals surface area (Å²) >= 11 is 0. The van der Waals surface area contributed by atoms with E-state index in [-0.39, 0.29) is 11.7 Å². The van der Waals surface area contributed by atoms with Gasteiger partial charge in [-0.1, -0.05) is 12.1 Å². The van der Waals surface area contributed by atoms with Gasteiger partial charge in [0.25, 0.3) is 5.91 Å². The zero-order valence-electron chi connectivity index (χ0n) is 14.1. The largest absolute Gasteiger partial charge is 0.494 e. The second-order valence-corrected chi connectivity index (χ2v) is 6.55. The monoisotopic (exact) mass is 341 g/mol. The molecule has 0 saturated carbocycles. The van der Waals surface area contributed by atoms with Gasteiger partial charge in [-0.15, -0.1) is 0 Å². The molecule has 0 radical (unpaired) electrons. The lowest BCUT2D eigenvalue weighted by Crippen LogP contribution is -2.28. The zero-order valence-corrected chi connectivity index (χ0v) is 14.1. The van der Waals surface area contributed by atoms with Gasteiger partial charge in [0.1, 0.15) is 5.75 Å². The summed E-state index contributed by atoms with van der Waals surface area (Å²) in [7, 11) is 1.41. The normalized spacial score (nSPS) is 18.8. The van der Waals surface area contributed by atoms with Crippen molar-refractivity contribution >= 4 is 5.91 Å². The van der Waals surface area contributed by atoms with Crippen LogP contribution >= 0.6 is 0 Å². The molecule has 2 aromatic carbocycles. The minimum Gasteiger partial charge on any atom is -0.494 e. The highest BCUT2D eigenvalue weighted by molar-refractivity contribution is 5.94. The van der Waals surface area contributed by atoms with E-state index in [1.165, 1.54) is 30.4 Å². The minimum atomic E-state index is -0.511. The number of nitrogens with zero attached hydrogens (tertiary/aromatic N) is 1. The number of methoxy groups -OCH3 is 1. The Bertz CT molecular complexity index is 821. The van der Waals surface area contributed by atoms with Gasteiger partial charge in [0.2, 0.25) is 0 Å². The Morgan fingerprint density at radius 3 is 2.96 bits per heavy atom. The number of hydrogen-bond donors (Lipinski definition) is 0. The molecule has 4 rings (SSSR count). The van der Waals surface area contributed by atoms with Crippen LogP contribution in [0, 0.1) is 5.82 Å². The average Bonchev–Trinajstić information content (AvgIpc) is 3.29. The molecule has 2 aromatic rings. The van der Waals surface area contributed by atoms with Crippen molar-refractivity contribution in [1.82, 2.24) is 4.90 Å². The van der Waals surface area contributed by atoms with Crippen molar-refractivity contribution in [3.63, 3.8) is 0 Å². The third-order valence-electron chi connectivity index (χ3n) is 5.06. The van der Waals surface area contributed by atoms with Crippen LogP contribution in [-0.4, -0.2) is 37.6 Å². The molecule has 5 heteroatoms. The number of amides is 1. The van der Waals surface area contributed by atoms with Crippen molar-refractivity contribution in [3.05, 3.63) is 58.9 Å². The summed E-state index contributed by atoms with van der Waals surface area (Å²) in [6.07, 6.45) is 1.87. The van der Waals surface area contributed by atoms with Crippen LogP contribution in [0.25, 0.3) is 0 Å². The van der Waals surface area contributed by atoms with E-state index in [0.717, 1.165) is 25.2 Å². The number of halogens is 1. The first-order valence-corrected chi connectivity index (χ1v) is 8.54. The minimum absolute atomic E-state index is 0.131. The predicted octanol–water partition coefficient (Wildman–Crippen LogP) is 3.40. The Hall–Kier alpha value is -2.56. The van der Waals surface area contributed by atoms with Gasteiger partial charge in [-0.2, -0.15) is 0 Å². The summed E-state index contributed by atoms with van der Waals surface area (Å²) in [4.78, 5) is 14.5. The molecule has 2 aliphatic heterocycles. The van der Waals surface area contributed by atoms with Crippen LogP contribution in [0.3, 0.4) is 0 Å². The molecule has 2 aliphatic rings. The van der Waals surface area contributed by atoms with Gasteiger partial charge in [-0.25, -0.2) is 4.39 Å². The summed E-state index contributed by atoms with van der Waals surface area (Å²) < 4.78 is 24.3. The third kappa shape index (κ3) is 2.95. The molecule has 0 bridgehead atoms. The number of rotatable bonds is 3. The maximum Gasteiger partial charge on any atom is 0.253 e. The van der Waals surface area contributed by atoms with E-state index in [4.69, 9.17) is 9.47 Å². The Labute approximate surface area is 146 Å². The number of likely N-dealkylation sites (tertiary alicyclic amines) is 1. The molecule has 2 heterocycles. The van der Waals surface area contributed by atoms with E-state index in [9.17, 15) is 9.18 Å². The molecular formula is C20H20FNO3. The standard InChI is InChI=1S/C20H20FNO3/c1-24-19-5-3-15(11-17(19)21)20(23)22-8-6-16(12-22)13-2-4-18-14(10-13)7-9-25-18/h2-5,10-11,16H,6-9,12H2,1H3/t16-/m1/s1. The SMILES string of the molecule is COc1ccc(C(=O)N2CC[C@@H](c3ccc4c(c3)CCO4)C2)cc1F. The van der Waals surface area contributed by atoms with Crippen LogP contribution < -0.4 is 9.47 Å². The molecule has 130 valence electrons. The topological polar surface area (TPSA) is 38.8 Å². The van der Waals surface area contributed by atoms with E-state index < -0.39 is 5.82 Å². The van der Waals surface area contributed by atoms with E-state index >= 15 is 0 Å². The Morgan fingerprint density at radius 1 is 1.28 bits per heavy atom. The van der Waals surface area contributed by atoms with Crippen molar-refractivity contribution in [1.29, 1.82) is 0 Å². The number of carbonyl (C=O) groups excluding carboxylic acids is 1. The van der Waals surface area contributed by atoms with Gasteiger partial charge in [-0.3, -0.25) is 4.79 Å². The van der Waals surface area contributed by atoms with Crippen molar-refractivity contribution in [2.24, 2.45) is 0 Å². The lowest BCUT2D eigenvalue weighted by Gasteiger charge is -2.17. The first-order valence-electron chi connectivity index (χ1n) is 8.54. The molecule has 1 saturated heterocycles. The van der Waals surface area contributed by atoms with Crippen LogP contribution in [0.1, 0.15) is 33.8 Å². The molecule has 1 amide bonds. The quantitative estimate of drug-likeness (QED) is 0.859. The molecule has 1 fully saturated rings. The lowest BCUT2D eigenvalue weighted by atomic mass is 9.96. The summed E-state index contributed by atoms with van der Waals surface area (Å²) in [5.41, 5.74) is 2.86.